The summed E-state index contributed by atoms with van der Waals surface area (Å²) in [5.41, 5.74) is 1.19. The summed E-state index contributed by atoms with van der Waals surface area (Å²) in [6, 6.07) is 0.393. The van der Waals surface area contributed by atoms with Gasteiger partial charge in [-0.25, -0.2) is 0 Å². The number of carbonyl (C=O) groups excluding carboxylic acids is 1. The molecule has 0 saturated carbocycles. The van der Waals surface area contributed by atoms with Gasteiger partial charge in [-0.15, -0.1) is 0 Å². The molecule has 1 rings (SSSR count). The first-order valence-electron chi connectivity index (χ1n) is 9.72. The lowest BCUT2D eigenvalue weighted by molar-refractivity contribution is -0.148. The Kier molecular flexibility index (Phi) is 10.3. The molecular formula is C20H38N2O2. The van der Waals surface area contributed by atoms with Gasteiger partial charge < -0.3 is 15.0 Å². The van der Waals surface area contributed by atoms with E-state index in [1.54, 1.807) is 0 Å². The second kappa shape index (κ2) is 11.6. The van der Waals surface area contributed by atoms with Crippen LogP contribution in [0, 0.1) is 11.8 Å². The van der Waals surface area contributed by atoms with E-state index in [9.17, 15) is 4.79 Å². The number of hydrogen-bond acceptors (Lipinski definition) is 4. The number of hydrogen-bond donors (Lipinski definition) is 1. The van der Waals surface area contributed by atoms with Gasteiger partial charge in [-0.1, -0.05) is 37.8 Å². The Hall–Kier alpha value is -0.870. The van der Waals surface area contributed by atoms with Gasteiger partial charge in [0.2, 0.25) is 0 Å². The molecule has 0 aliphatic heterocycles. The minimum atomic E-state index is -0.0402. The summed E-state index contributed by atoms with van der Waals surface area (Å²) >= 11 is 0. The number of esters is 1. The molecule has 0 radical (unpaired) electrons. The van der Waals surface area contributed by atoms with Crippen LogP contribution in [-0.2, 0) is 9.53 Å². The molecule has 1 aliphatic rings. The monoisotopic (exact) mass is 338 g/mol. The Morgan fingerprint density at radius 2 is 2.04 bits per heavy atom. The summed E-state index contributed by atoms with van der Waals surface area (Å²) in [6.45, 7) is 8.82. The first-order chi connectivity index (χ1) is 11.5. The number of rotatable bonds is 11. The summed E-state index contributed by atoms with van der Waals surface area (Å²) in [5.74, 6) is 0.340. The fourth-order valence-corrected chi connectivity index (χ4v) is 3.70. The van der Waals surface area contributed by atoms with Gasteiger partial charge in [0.15, 0.2) is 0 Å². The highest BCUT2D eigenvalue weighted by molar-refractivity contribution is 5.76. The molecule has 140 valence electrons. The molecule has 0 bridgehead atoms. The first kappa shape index (κ1) is 21.2. The lowest BCUT2D eigenvalue weighted by Gasteiger charge is -2.34. The van der Waals surface area contributed by atoms with Gasteiger partial charge in [0.1, 0.15) is 0 Å². The van der Waals surface area contributed by atoms with Crippen LogP contribution in [0.4, 0.5) is 0 Å². The molecule has 0 aromatic heterocycles. The topological polar surface area (TPSA) is 41.6 Å². The molecule has 4 nitrogen and oxygen atoms in total. The molecule has 24 heavy (non-hydrogen) atoms. The molecular weight excluding hydrogens is 300 g/mol. The molecule has 0 saturated heterocycles. The number of ether oxygens (including phenoxy) is 1. The Morgan fingerprint density at radius 1 is 1.29 bits per heavy atom. The second-order valence-corrected chi connectivity index (χ2v) is 7.35. The fraction of sp³-hybridized carbons (Fsp3) is 0.850. The van der Waals surface area contributed by atoms with Crippen molar-refractivity contribution in [3.05, 3.63) is 11.6 Å². The van der Waals surface area contributed by atoms with Crippen LogP contribution in [0.5, 0.6) is 0 Å². The maximum atomic E-state index is 12.4. The quantitative estimate of drug-likeness (QED) is 0.355. The lowest BCUT2D eigenvalue weighted by atomic mass is 9.74. The van der Waals surface area contributed by atoms with Gasteiger partial charge in [-0.3, -0.25) is 4.79 Å². The van der Waals surface area contributed by atoms with E-state index in [0.29, 0.717) is 18.6 Å². The third kappa shape index (κ3) is 7.35. The normalized spacial score (nSPS) is 24.1. The van der Waals surface area contributed by atoms with Crippen molar-refractivity contribution in [2.75, 3.05) is 33.8 Å². The molecule has 0 aromatic rings. The zero-order valence-corrected chi connectivity index (χ0v) is 16.4. The highest BCUT2D eigenvalue weighted by Crippen LogP contribution is 2.35. The number of unbranched alkanes of at least 4 members (excludes halogenated alkanes) is 2. The Bertz CT molecular complexity index is 393. The van der Waals surface area contributed by atoms with Crippen LogP contribution in [0.15, 0.2) is 11.6 Å². The van der Waals surface area contributed by atoms with Gasteiger partial charge in [0.25, 0.3) is 0 Å². The lowest BCUT2D eigenvalue weighted by Crippen LogP contribution is -2.40. The molecule has 0 amide bonds. The molecule has 3 atom stereocenters. The maximum Gasteiger partial charge on any atom is 0.313 e. The molecule has 1 aliphatic carbocycles. The van der Waals surface area contributed by atoms with Crippen LogP contribution in [-0.4, -0.2) is 50.7 Å². The number of carbonyl (C=O) groups is 1. The van der Waals surface area contributed by atoms with E-state index >= 15 is 0 Å². The average Bonchev–Trinajstić information content (AvgIpc) is 2.51. The van der Waals surface area contributed by atoms with Crippen LogP contribution < -0.4 is 5.32 Å². The SMILES string of the molecule is CCCCC[C@@H]1C[C@@H](NCCCN(C)C)C=C(C)[C@H]1C(=O)OCC. The van der Waals surface area contributed by atoms with Crippen molar-refractivity contribution in [3.8, 4) is 0 Å². The van der Waals surface area contributed by atoms with Crippen molar-refractivity contribution < 1.29 is 9.53 Å². The zero-order valence-electron chi connectivity index (χ0n) is 16.4. The van der Waals surface area contributed by atoms with Crippen molar-refractivity contribution in [1.29, 1.82) is 0 Å². The van der Waals surface area contributed by atoms with E-state index in [1.807, 2.05) is 6.92 Å². The minimum Gasteiger partial charge on any atom is -0.466 e. The minimum absolute atomic E-state index is 0.0289. The van der Waals surface area contributed by atoms with Crippen LogP contribution in [0.25, 0.3) is 0 Å². The third-order valence-corrected chi connectivity index (χ3v) is 4.89. The number of nitrogens with one attached hydrogen (secondary N) is 1. The Labute approximate surface area is 149 Å². The van der Waals surface area contributed by atoms with E-state index in [0.717, 1.165) is 32.4 Å². The predicted octanol–water partition coefficient (Wildman–Crippen LogP) is 3.62. The van der Waals surface area contributed by atoms with Gasteiger partial charge >= 0.3 is 5.97 Å². The van der Waals surface area contributed by atoms with Crippen LogP contribution in [0.2, 0.25) is 0 Å². The van der Waals surface area contributed by atoms with Gasteiger partial charge in [-0.2, -0.15) is 0 Å². The highest BCUT2D eigenvalue weighted by atomic mass is 16.5. The smallest absolute Gasteiger partial charge is 0.313 e. The highest BCUT2D eigenvalue weighted by Gasteiger charge is 2.35. The van der Waals surface area contributed by atoms with Crippen molar-refractivity contribution in [2.45, 2.75) is 65.3 Å². The zero-order chi connectivity index (χ0) is 17.9. The number of nitrogens with zero attached hydrogens (tertiary/aromatic N) is 1. The van der Waals surface area contributed by atoms with Crippen LogP contribution in [0.1, 0.15) is 59.3 Å². The summed E-state index contributed by atoms with van der Waals surface area (Å²) in [6.07, 6.45) is 9.25. The van der Waals surface area contributed by atoms with E-state index in [-0.39, 0.29) is 11.9 Å². The van der Waals surface area contributed by atoms with E-state index in [2.05, 4.69) is 44.2 Å². The van der Waals surface area contributed by atoms with Crippen molar-refractivity contribution in [2.24, 2.45) is 11.8 Å². The molecule has 0 heterocycles. The molecule has 1 N–H and O–H groups in total. The standard InChI is InChI=1S/C20H38N2O2/c1-6-8-9-11-17-15-18(21-12-10-13-22(4)5)14-16(3)19(17)20(23)24-7-2/h14,17-19,21H,6-13,15H2,1-5H3/t17-,18+,19-/m1/s1. The van der Waals surface area contributed by atoms with Crippen molar-refractivity contribution in [1.82, 2.24) is 10.2 Å². The van der Waals surface area contributed by atoms with Crippen LogP contribution >= 0.6 is 0 Å². The van der Waals surface area contributed by atoms with Gasteiger partial charge in [-0.05, 0) is 66.2 Å². The summed E-state index contributed by atoms with van der Waals surface area (Å²) < 4.78 is 5.34. The first-order valence-corrected chi connectivity index (χ1v) is 9.72. The van der Waals surface area contributed by atoms with E-state index in [1.165, 1.54) is 24.8 Å². The summed E-state index contributed by atoms with van der Waals surface area (Å²) in [4.78, 5) is 14.6. The predicted molar refractivity (Wildman–Crippen MR) is 101 cm³/mol. The fourth-order valence-electron chi connectivity index (χ4n) is 3.70. The summed E-state index contributed by atoms with van der Waals surface area (Å²) in [7, 11) is 4.22. The molecule has 0 spiro atoms. The molecule has 0 aromatic carbocycles. The van der Waals surface area contributed by atoms with Gasteiger partial charge in [0.05, 0.1) is 12.5 Å². The Morgan fingerprint density at radius 3 is 2.67 bits per heavy atom. The third-order valence-electron chi connectivity index (χ3n) is 4.89. The summed E-state index contributed by atoms with van der Waals surface area (Å²) in [5, 5.41) is 3.66. The van der Waals surface area contributed by atoms with E-state index in [4.69, 9.17) is 4.74 Å². The Balaban J connectivity index is 2.65. The van der Waals surface area contributed by atoms with Crippen LogP contribution in [0.3, 0.4) is 0 Å². The molecule has 0 unspecified atom stereocenters. The van der Waals surface area contributed by atoms with Crippen molar-refractivity contribution >= 4 is 5.97 Å². The maximum absolute atomic E-state index is 12.4. The largest absolute Gasteiger partial charge is 0.466 e. The van der Waals surface area contributed by atoms with Gasteiger partial charge in [0, 0.05) is 6.04 Å². The van der Waals surface area contributed by atoms with E-state index < -0.39 is 0 Å². The van der Waals surface area contributed by atoms with Crippen molar-refractivity contribution in [3.63, 3.8) is 0 Å². The second-order valence-electron chi connectivity index (χ2n) is 7.35. The average molecular weight is 339 g/mol. The molecule has 0 fully saturated rings. The molecule has 4 heteroatoms.